The molecule has 1 aromatic heterocycles. The molecule has 0 spiro atoms. The monoisotopic (exact) mass is 251 g/mol. The zero-order valence-corrected chi connectivity index (χ0v) is 11.8. The van der Waals surface area contributed by atoms with E-state index in [1.165, 1.54) is 24.8 Å². The summed E-state index contributed by atoms with van der Waals surface area (Å²) in [6, 6.07) is 0.368. The van der Waals surface area contributed by atoms with E-state index in [4.69, 9.17) is 4.74 Å². The molecule has 1 fully saturated rings. The van der Waals surface area contributed by atoms with Crippen molar-refractivity contribution in [3.8, 4) is 0 Å². The second-order valence-corrected chi connectivity index (χ2v) is 5.40. The third-order valence-electron chi connectivity index (χ3n) is 4.29. The SMILES string of the molecule is CNC(Cc1cnn(C)c1)C1(OC)CCCCC1. The normalized spacial score (nSPS) is 20.8. The van der Waals surface area contributed by atoms with Gasteiger partial charge in [-0.25, -0.2) is 0 Å². The Kier molecular flexibility index (Phi) is 4.40. The summed E-state index contributed by atoms with van der Waals surface area (Å²) in [6.45, 7) is 0. The van der Waals surface area contributed by atoms with Crippen LogP contribution in [-0.4, -0.2) is 35.6 Å². The van der Waals surface area contributed by atoms with Crippen molar-refractivity contribution in [2.45, 2.75) is 50.2 Å². The number of methoxy groups -OCH3 is 1. The number of likely N-dealkylation sites (N-methyl/N-ethyl adjacent to an activating group) is 1. The van der Waals surface area contributed by atoms with Gasteiger partial charge in [0, 0.05) is 26.4 Å². The molecule has 0 aromatic carbocycles. The number of ether oxygens (including phenoxy) is 1. The highest BCUT2D eigenvalue weighted by atomic mass is 16.5. The van der Waals surface area contributed by atoms with E-state index in [1.807, 2.05) is 32.1 Å². The first-order valence-corrected chi connectivity index (χ1v) is 6.90. The standard InChI is InChI=1S/C14H25N3O/c1-15-13(9-12-10-16-17(2)11-12)14(18-3)7-5-4-6-8-14/h10-11,13,15H,4-9H2,1-3H3. The van der Waals surface area contributed by atoms with Crippen molar-refractivity contribution in [1.29, 1.82) is 0 Å². The highest BCUT2D eigenvalue weighted by molar-refractivity contribution is 5.10. The maximum Gasteiger partial charge on any atom is 0.0834 e. The van der Waals surface area contributed by atoms with Gasteiger partial charge in [-0.1, -0.05) is 19.3 Å². The van der Waals surface area contributed by atoms with E-state index in [0.717, 1.165) is 19.3 Å². The zero-order chi connectivity index (χ0) is 13.0. The maximum absolute atomic E-state index is 5.92. The maximum atomic E-state index is 5.92. The minimum Gasteiger partial charge on any atom is -0.377 e. The minimum absolute atomic E-state index is 0.00282. The van der Waals surface area contributed by atoms with Crippen LogP contribution in [0.3, 0.4) is 0 Å². The van der Waals surface area contributed by atoms with Crippen molar-refractivity contribution < 1.29 is 4.74 Å². The molecule has 1 aliphatic rings. The Morgan fingerprint density at radius 2 is 2.17 bits per heavy atom. The van der Waals surface area contributed by atoms with Gasteiger partial charge in [-0.15, -0.1) is 0 Å². The molecule has 2 rings (SSSR count). The largest absolute Gasteiger partial charge is 0.377 e. The highest BCUT2D eigenvalue weighted by Gasteiger charge is 2.39. The predicted octanol–water partition coefficient (Wildman–Crippen LogP) is 1.90. The van der Waals surface area contributed by atoms with Gasteiger partial charge in [-0.3, -0.25) is 4.68 Å². The Morgan fingerprint density at radius 1 is 1.44 bits per heavy atom. The first kappa shape index (κ1) is 13.6. The van der Waals surface area contributed by atoms with Crippen LogP contribution in [0.25, 0.3) is 0 Å². The third-order valence-corrected chi connectivity index (χ3v) is 4.29. The van der Waals surface area contributed by atoms with Crippen LogP contribution in [0.5, 0.6) is 0 Å². The summed E-state index contributed by atoms with van der Waals surface area (Å²) in [4.78, 5) is 0. The van der Waals surface area contributed by atoms with Crippen LogP contribution in [0.15, 0.2) is 12.4 Å². The average molecular weight is 251 g/mol. The summed E-state index contributed by atoms with van der Waals surface area (Å²) in [5.41, 5.74) is 1.28. The summed E-state index contributed by atoms with van der Waals surface area (Å²) in [7, 11) is 5.86. The van der Waals surface area contributed by atoms with Crippen molar-refractivity contribution in [3.63, 3.8) is 0 Å². The van der Waals surface area contributed by atoms with Gasteiger partial charge in [-0.2, -0.15) is 5.10 Å². The molecule has 102 valence electrons. The van der Waals surface area contributed by atoms with E-state index in [0.29, 0.717) is 6.04 Å². The number of rotatable bonds is 5. The number of nitrogens with zero attached hydrogens (tertiary/aromatic N) is 2. The van der Waals surface area contributed by atoms with Crippen LogP contribution in [0, 0.1) is 0 Å². The van der Waals surface area contributed by atoms with E-state index in [9.17, 15) is 0 Å². The van der Waals surface area contributed by atoms with Crippen LogP contribution in [0.1, 0.15) is 37.7 Å². The van der Waals surface area contributed by atoms with E-state index < -0.39 is 0 Å². The van der Waals surface area contributed by atoms with Crippen LogP contribution >= 0.6 is 0 Å². The predicted molar refractivity (Wildman–Crippen MR) is 72.6 cm³/mol. The topological polar surface area (TPSA) is 39.1 Å². The Balaban J connectivity index is 2.10. The lowest BCUT2D eigenvalue weighted by Crippen LogP contribution is -2.53. The molecule has 1 heterocycles. The number of hydrogen-bond donors (Lipinski definition) is 1. The molecule has 1 aromatic rings. The first-order chi connectivity index (χ1) is 8.70. The molecule has 1 N–H and O–H groups in total. The van der Waals surface area contributed by atoms with E-state index in [-0.39, 0.29) is 5.60 Å². The van der Waals surface area contributed by atoms with Crippen molar-refractivity contribution in [1.82, 2.24) is 15.1 Å². The third kappa shape index (κ3) is 2.75. The van der Waals surface area contributed by atoms with Gasteiger partial charge < -0.3 is 10.1 Å². The second-order valence-electron chi connectivity index (χ2n) is 5.40. The Hall–Kier alpha value is -0.870. The molecule has 1 atom stereocenters. The lowest BCUT2D eigenvalue weighted by molar-refractivity contribution is -0.0657. The van der Waals surface area contributed by atoms with Crippen molar-refractivity contribution in [3.05, 3.63) is 18.0 Å². The Morgan fingerprint density at radius 3 is 2.67 bits per heavy atom. The number of nitrogens with one attached hydrogen (secondary N) is 1. The van der Waals surface area contributed by atoms with Crippen molar-refractivity contribution in [2.24, 2.45) is 7.05 Å². The molecular weight excluding hydrogens is 226 g/mol. The van der Waals surface area contributed by atoms with Gasteiger partial charge in [0.25, 0.3) is 0 Å². The summed E-state index contributed by atoms with van der Waals surface area (Å²) < 4.78 is 7.78. The van der Waals surface area contributed by atoms with E-state index >= 15 is 0 Å². The summed E-state index contributed by atoms with van der Waals surface area (Å²) in [5.74, 6) is 0. The molecule has 0 amide bonds. The molecule has 0 radical (unpaired) electrons. The van der Waals surface area contributed by atoms with Gasteiger partial charge in [0.05, 0.1) is 11.8 Å². The zero-order valence-electron chi connectivity index (χ0n) is 11.8. The molecule has 18 heavy (non-hydrogen) atoms. The molecule has 1 aliphatic carbocycles. The molecule has 0 bridgehead atoms. The lowest BCUT2D eigenvalue weighted by atomic mass is 9.77. The van der Waals surface area contributed by atoms with Crippen LogP contribution in [-0.2, 0) is 18.2 Å². The van der Waals surface area contributed by atoms with Crippen LogP contribution in [0.4, 0.5) is 0 Å². The fourth-order valence-corrected chi connectivity index (χ4v) is 3.21. The summed E-state index contributed by atoms with van der Waals surface area (Å²) in [6.07, 6.45) is 11.3. The second kappa shape index (κ2) is 5.85. The van der Waals surface area contributed by atoms with Gasteiger partial charge in [0.1, 0.15) is 0 Å². The quantitative estimate of drug-likeness (QED) is 0.868. The number of aromatic nitrogens is 2. The molecule has 1 saturated carbocycles. The molecule has 0 aliphatic heterocycles. The average Bonchev–Trinajstić information content (AvgIpc) is 2.82. The van der Waals surface area contributed by atoms with Gasteiger partial charge in [0.2, 0.25) is 0 Å². The molecule has 4 heteroatoms. The Labute approximate surface area is 110 Å². The van der Waals surface area contributed by atoms with Crippen LogP contribution < -0.4 is 5.32 Å². The fourth-order valence-electron chi connectivity index (χ4n) is 3.21. The van der Waals surface area contributed by atoms with Crippen molar-refractivity contribution in [2.75, 3.05) is 14.2 Å². The first-order valence-electron chi connectivity index (χ1n) is 6.90. The lowest BCUT2D eigenvalue weighted by Gasteiger charge is -2.42. The van der Waals surface area contributed by atoms with E-state index in [2.05, 4.69) is 16.6 Å². The van der Waals surface area contributed by atoms with Gasteiger partial charge >= 0.3 is 0 Å². The fraction of sp³-hybridized carbons (Fsp3) is 0.786. The minimum atomic E-state index is 0.00282. The summed E-state index contributed by atoms with van der Waals surface area (Å²) >= 11 is 0. The number of hydrogen-bond acceptors (Lipinski definition) is 3. The number of aryl methyl sites for hydroxylation is 1. The molecule has 1 unspecified atom stereocenters. The Bertz CT molecular complexity index is 369. The smallest absolute Gasteiger partial charge is 0.0834 e. The summed E-state index contributed by atoms with van der Waals surface area (Å²) in [5, 5.41) is 7.70. The van der Waals surface area contributed by atoms with E-state index in [1.54, 1.807) is 0 Å². The molecule has 0 saturated heterocycles. The molecular formula is C14H25N3O. The highest BCUT2D eigenvalue weighted by Crippen LogP contribution is 2.35. The van der Waals surface area contributed by atoms with Crippen LogP contribution in [0.2, 0.25) is 0 Å². The van der Waals surface area contributed by atoms with Gasteiger partial charge in [-0.05, 0) is 31.9 Å². The molecule has 4 nitrogen and oxygen atoms in total. The van der Waals surface area contributed by atoms with Crippen molar-refractivity contribution >= 4 is 0 Å². The van der Waals surface area contributed by atoms with Gasteiger partial charge in [0.15, 0.2) is 0 Å².